The molecule has 3 amide bonds. The third-order valence-corrected chi connectivity index (χ3v) is 0.819. The fourth-order valence-electron chi connectivity index (χ4n) is 0.450. The van der Waals surface area contributed by atoms with Crippen LogP contribution in [0.3, 0.4) is 0 Å². The van der Waals surface area contributed by atoms with Crippen LogP contribution in [0.5, 0.6) is 0 Å². The molecule has 64 valence electrons. The second-order valence-electron chi connectivity index (χ2n) is 1.78. The summed E-state index contributed by atoms with van der Waals surface area (Å²) in [6, 6.07) is -0.906. The first-order valence-electron chi connectivity index (χ1n) is 3.02. The molecule has 0 aromatic carbocycles. The van der Waals surface area contributed by atoms with Crippen molar-refractivity contribution >= 4 is 11.9 Å². The minimum Gasteiger partial charge on any atom is -0.351 e. The van der Waals surface area contributed by atoms with Crippen LogP contribution in [0, 0.1) is 0 Å². The number of imide groups is 1. The zero-order valence-electron chi connectivity index (χ0n) is 5.89. The molecule has 5 nitrogen and oxygen atoms in total. The van der Waals surface area contributed by atoms with Crippen LogP contribution >= 0.6 is 0 Å². The molecule has 0 rings (SSSR count). The number of halogens is 1. The Balaban J connectivity index is 3.30. The largest absolute Gasteiger partial charge is 0.351 e. The lowest BCUT2D eigenvalue weighted by atomic mass is 10.5. The van der Waals surface area contributed by atoms with E-state index in [1.165, 1.54) is 0 Å². The van der Waals surface area contributed by atoms with Crippen LogP contribution < -0.4 is 16.4 Å². The highest BCUT2D eigenvalue weighted by Gasteiger charge is 2.01. The van der Waals surface area contributed by atoms with E-state index >= 15 is 0 Å². The Bertz CT molecular complexity index is 151. The van der Waals surface area contributed by atoms with Crippen molar-refractivity contribution in [2.24, 2.45) is 5.73 Å². The van der Waals surface area contributed by atoms with Crippen LogP contribution in [0.2, 0.25) is 0 Å². The standard InChI is InChI=1S/C5H10FN3O2/c6-1-2-8-3-4(10)9-5(7)11/h8H,1-3H2,(H3,7,9,10,11). The molecular formula is C5H10FN3O2. The van der Waals surface area contributed by atoms with Gasteiger partial charge in [0.2, 0.25) is 5.91 Å². The minimum absolute atomic E-state index is 0.0895. The van der Waals surface area contributed by atoms with Gasteiger partial charge in [-0.05, 0) is 0 Å². The smallest absolute Gasteiger partial charge is 0.318 e. The zero-order chi connectivity index (χ0) is 8.69. The van der Waals surface area contributed by atoms with Crippen LogP contribution in [0.1, 0.15) is 0 Å². The van der Waals surface area contributed by atoms with Gasteiger partial charge in [-0.2, -0.15) is 0 Å². The molecule has 0 aliphatic heterocycles. The maximum Gasteiger partial charge on any atom is 0.318 e. The molecule has 0 unspecified atom stereocenters. The molecule has 0 radical (unpaired) electrons. The van der Waals surface area contributed by atoms with E-state index in [1.807, 2.05) is 5.32 Å². The van der Waals surface area contributed by atoms with Crippen LogP contribution in [-0.2, 0) is 4.79 Å². The van der Waals surface area contributed by atoms with E-state index in [2.05, 4.69) is 11.1 Å². The summed E-state index contributed by atoms with van der Waals surface area (Å²) in [4.78, 5) is 20.6. The lowest BCUT2D eigenvalue weighted by Gasteiger charge is -2.00. The molecule has 0 saturated heterocycles. The molecule has 0 fully saturated rings. The van der Waals surface area contributed by atoms with Gasteiger partial charge in [0.05, 0.1) is 6.54 Å². The van der Waals surface area contributed by atoms with Gasteiger partial charge in [0, 0.05) is 6.54 Å². The molecule has 0 spiro atoms. The number of primary amides is 1. The van der Waals surface area contributed by atoms with Gasteiger partial charge in [0.1, 0.15) is 6.67 Å². The van der Waals surface area contributed by atoms with Crippen LogP contribution in [0.4, 0.5) is 9.18 Å². The first-order chi connectivity index (χ1) is 5.16. The number of carbonyl (C=O) groups excluding carboxylic acids is 2. The first-order valence-corrected chi connectivity index (χ1v) is 3.02. The number of carbonyl (C=O) groups is 2. The van der Waals surface area contributed by atoms with Gasteiger partial charge in [-0.15, -0.1) is 0 Å². The molecule has 0 aromatic heterocycles. The van der Waals surface area contributed by atoms with Crippen molar-refractivity contribution < 1.29 is 14.0 Å². The Morgan fingerprint density at radius 2 is 2.09 bits per heavy atom. The van der Waals surface area contributed by atoms with Crippen LogP contribution in [0.15, 0.2) is 0 Å². The molecule has 0 aliphatic carbocycles. The fraction of sp³-hybridized carbons (Fsp3) is 0.600. The average molecular weight is 163 g/mol. The first kappa shape index (κ1) is 9.83. The predicted molar refractivity (Wildman–Crippen MR) is 36.6 cm³/mol. The Hall–Kier alpha value is -1.17. The number of alkyl halides is 1. The SMILES string of the molecule is NC(=O)NC(=O)CNCCF. The molecular weight excluding hydrogens is 153 g/mol. The second-order valence-corrected chi connectivity index (χ2v) is 1.78. The van der Waals surface area contributed by atoms with Crippen LogP contribution in [-0.4, -0.2) is 31.7 Å². The molecule has 6 heteroatoms. The molecule has 11 heavy (non-hydrogen) atoms. The van der Waals surface area contributed by atoms with Crippen molar-refractivity contribution in [2.45, 2.75) is 0 Å². The quantitative estimate of drug-likeness (QED) is 0.452. The lowest BCUT2D eigenvalue weighted by molar-refractivity contribution is -0.119. The van der Waals surface area contributed by atoms with Gasteiger partial charge in [-0.3, -0.25) is 10.1 Å². The number of nitrogens with two attached hydrogens (primary N) is 1. The number of hydrogen-bond donors (Lipinski definition) is 3. The third kappa shape index (κ3) is 6.72. The summed E-state index contributed by atoms with van der Waals surface area (Å²) in [5, 5.41) is 4.26. The van der Waals surface area contributed by atoms with E-state index in [0.717, 1.165) is 0 Å². The molecule has 0 aliphatic rings. The van der Waals surface area contributed by atoms with Gasteiger partial charge in [0.15, 0.2) is 0 Å². The Kier molecular flexibility index (Phi) is 5.01. The Morgan fingerprint density at radius 1 is 1.45 bits per heavy atom. The van der Waals surface area contributed by atoms with E-state index in [4.69, 9.17) is 0 Å². The van der Waals surface area contributed by atoms with Gasteiger partial charge in [-0.25, -0.2) is 9.18 Å². The molecule has 0 heterocycles. The van der Waals surface area contributed by atoms with E-state index in [0.29, 0.717) is 0 Å². The van der Waals surface area contributed by atoms with Gasteiger partial charge >= 0.3 is 6.03 Å². The summed E-state index contributed by atoms with van der Waals surface area (Å²) >= 11 is 0. The summed E-state index contributed by atoms with van der Waals surface area (Å²) in [6.07, 6.45) is 0. The number of amides is 3. The maximum absolute atomic E-state index is 11.4. The van der Waals surface area contributed by atoms with Crippen LogP contribution in [0.25, 0.3) is 0 Å². The Labute approximate surface area is 63.1 Å². The van der Waals surface area contributed by atoms with E-state index < -0.39 is 18.6 Å². The number of urea groups is 1. The molecule has 0 bridgehead atoms. The molecule has 0 aromatic rings. The highest BCUT2D eigenvalue weighted by molar-refractivity contribution is 5.94. The highest BCUT2D eigenvalue weighted by Crippen LogP contribution is 1.65. The van der Waals surface area contributed by atoms with Crippen molar-refractivity contribution in [3.05, 3.63) is 0 Å². The monoisotopic (exact) mass is 163 g/mol. The van der Waals surface area contributed by atoms with Gasteiger partial charge < -0.3 is 11.1 Å². The maximum atomic E-state index is 11.4. The van der Waals surface area contributed by atoms with E-state index in [1.54, 1.807) is 0 Å². The minimum atomic E-state index is -0.906. The number of hydrogen-bond acceptors (Lipinski definition) is 3. The summed E-state index contributed by atoms with van der Waals surface area (Å²) in [5.41, 5.74) is 4.62. The number of nitrogens with one attached hydrogen (secondary N) is 2. The highest BCUT2D eigenvalue weighted by atomic mass is 19.1. The summed E-state index contributed by atoms with van der Waals surface area (Å²) < 4.78 is 11.4. The number of rotatable bonds is 4. The predicted octanol–water partition coefficient (Wildman–Crippen LogP) is -1.26. The van der Waals surface area contributed by atoms with E-state index in [-0.39, 0.29) is 13.1 Å². The van der Waals surface area contributed by atoms with Crippen molar-refractivity contribution in [3.8, 4) is 0 Å². The average Bonchev–Trinajstić information content (AvgIpc) is 1.86. The fourth-order valence-corrected chi connectivity index (χ4v) is 0.450. The Morgan fingerprint density at radius 3 is 2.55 bits per heavy atom. The molecule has 4 N–H and O–H groups in total. The van der Waals surface area contributed by atoms with E-state index in [9.17, 15) is 14.0 Å². The zero-order valence-corrected chi connectivity index (χ0v) is 5.89. The molecule has 0 atom stereocenters. The second kappa shape index (κ2) is 5.60. The van der Waals surface area contributed by atoms with Gasteiger partial charge in [-0.1, -0.05) is 0 Å². The van der Waals surface area contributed by atoms with Crippen molar-refractivity contribution in [1.29, 1.82) is 0 Å². The van der Waals surface area contributed by atoms with Gasteiger partial charge in [0.25, 0.3) is 0 Å². The van der Waals surface area contributed by atoms with Crippen molar-refractivity contribution in [2.75, 3.05) is 19.8 Å². The van der Waals surface area contributed by atoms with Crippen molar-refractivity contribution in [1.82, 2.24) is 10.6 Å². The normalized spacial score (nSPS) is 9.18. The topological polar surface area (TPSA) is 84.2 Å². The summed E-state index contributed by atoms with van der Waals surface area (Å²) in [6.45, 7) is -0.567. The summed E-state index contributed by atoms with van der Waals surface area (Å²) in [7, 11) is 0. The van der Waals surface area contributed by atoms with Crippen molar-refractivity contribution in [3.63, 3.8) is 0 Å². The lowest BCUT2D eigenvalue weighted by Crippen LogP contribution is -2.40. The summed E-state index contributed by atoms with van der Waals surface area (Å²) in [5.74, 6) is -0.564. The molecule has 0 saturated carbocycles. The third-order valence-electron chi connectivity index (χ3n) is 0.819.